The molecule has 4 nitrogen and oxygen atoms in total. The Morgan fingerprint density at radius 3 is 2.27 bits per heavy atom. The molecule has 1 atom stereocenters. The number of carboxylic acid groups (broad SMARTS) is 1. The van der Waals surface area contributed by atoms with Crippen LogP contribution in [-0.2, 0) is 9.59 Å². The van der Waals surface area contributed by atoms with Gasteiger partial charge in [0.05, 0.1) is 0 Å². The molecule has 0 spiro atoms. The summed E-state index contributed by atoms with van der Waals surface area (Å²) in [6.07, 6.45) is -4.98. The molecule has 2 N–H and O–H groups in total. The van der Waals surface area contributed by atoms with Crippen molar-refractivity contribution in [1.29, 1.82) is 0 Å². The lowest BCUT2D eigenvalue weighted by Crippen LogP contribution is -2.43. The van der Waals surface area contributed by atoms with Gasteiger partial charge in [-0.05, 0) is 18.8 Å². The minimum Gasteiger partial charge on any atom is -0.480 e. The second kappa shape index (κ2) is 4.08. The highest BCUT2D eigenvalue weighted by atomic mass is 19.4. The molecular formula is C8H10F3NO3. The monoisotopic (exact) mass is 225 g/mol. The number of halogens is 3. The van der Waals surface area contributed by atoms with Gasteiger partial charge in [0, 0.05) is 0 Å². The molecule has 1 aliphatic rings. The average Bonchev–Trinajstić information content (AvgIpc) is 2.78. The van der Waals surface area contributed by atoms with Crippen LogP contribution >= 0.6 is 0 Å². The minimum atomic E-state index is -4.60. The van der Waals surface area contributed by atoms with Crippen LogP contribution in [0.2, 0.25) is 0 Å². The van der Waals surface area contributed by atoms with Crippen LogP contribution in [0.3, 0.4) is 0 Å². The van der Waals surface area contributed by atoms with Crippen LogP contribution in [-0.4, -0.2) is 29.2 Å². The molecule has 1 aliphatic carbocycles. The molecule has 0 aromatic rings. The summed E-state index contributed by atoms with van der Waals surface area (Å²) in [7, 11) is 0. The summed E-state index contributed by atoms with van der Waals surface area (Å²) in [6.45, 7) is 0. The van der Waals surface area contributed by atoms with E-state index in [1.165, 1.54) is 0 Å². The first-order valence-electron chi connectivity index (χ1n) is 4.38. The van der Waals surface area contributed by atoms with Gasteiger partial charge in [0.15, 0.2) is 0 Å². The van der Waals surface area contributed by atoms with E-state index in [9.17, 15) is 22.8 Å². The molecule has 0 bridgehead atoms. The van der Waals surface area contributed by atoms with Gasteiger partial charge in [-0.2, -0.15) is 13.2 Å². The molecule has 0 saturated heterocycles. The third-order valence-electron chi connectivity index (χ3n) is 2.04. The Hall–Kier alpha value is -1.27. The molecule has 7 heteroatoms. The Morgan fingerprint density at radius 1 is 1.40 bits per heavy atom. The highest BCUT2D eigenvalue weighted by Crippen LogP contribution is 2.33. The fourth-order valence-electron chi connectivity index (χ4n) is 1.22. The maximum Gasteiger partial charge on any atom is 0.397 e. The van der Waals surface area contributed by atoms with E-state index in [2.05, 4.69) is 0 Å². The number of nitrogens with one attached hydrogen (secondary N) is 1. The van der Waals surface area contributed by atoms with Crippen molar-refractivity contribution in [1.82, 2.24) is 5.32 Å². The Morgan fingerprint density at radius 2 is 1.93 bits per heavy atom. The maximum absolute atomic E-state index is 11.8. The van der Waals surface area contributed by atoms with Crippen LogP contribution in [0.15, 0.2) is 0 Å². The van der Waals surface area contributed by atoms with Crippen molar-refractivity contribution in [2.45, 2.75) is 31.5 Å². The standard InChI is InChI=1S/C8H10F3NO3/c9-8(10,11)3-5(13)12-6(7(14)15)4-1-2-4/h4,6H,1-3H2,(H,12,13)(H,14,15). The molecule has 15 heavy (non-hydrogen) atoms. The van der Waals surface area contributed by atoms with E-state index < -0.39 is 30.5 Å². The van der Waals surface area contributed by atoms with Crippen LogP contribution in [0.5, 0.6) is 0 Å². The van der Waals surface area contributed by atoms with Crippen molar-refractivity contribution < 1.29 is 27.9 Å². The molecule has 1 saturated carbocycles. The molecule has 1 fully saturated rings. The average molecular weight is 225 g/mol. The number of carboxylic acids is 1. The zero-order chi connectivity index (χ0) is 11.6. The molecule has 0 heterocycles. The zero-order valence-corrected chi connectivity index (χ0v) is 7.67. The van der Waals surface area contributed by atoms with Gasteiger partial charge in [-0.25, -0.2) is 4.79 Å². The Bertz CT molecular complexity index is 273. The van der Waals surface area contributed by atoms with Gasteiger partial charge in [-0.3, -0.25) is 4.79 Å². The normalized spacial score (nSPS) is 18.3. The van der Waals surface area contributed by atoms with E-state index in [-0.39, 0.29) is 5.92 Å². The molecule has 0 aromatic carbocycles. The van der Waals surface area contributed by atoms with Gasteiger partial charge in [0.25, 0.3) is 0 Å². The Labute approximate surface area is 83.5 Å². The van der Waals surface area contributed by atoms with Crippen molar-refractivity contribution in [3.8, 4) is 0 Å². The van der Waals surface area contributed by atoms with Crippen molar-refractivity contribution in [2.24, 2.45) is 5.92 Å². The van der Waals surface area contributed by atoms with Crippen LogP contribution in [0.1, 0.15) is 19.3 Å². The quantitative estimate of drug-likeness (QED) is 0.747. The summed E-state index contributed by atoms with van der Waals surface area (Å²) in [5, 5.41) is 10.5. The van der Waals surface area contributed by atoms with Crippen molar-refractivity contribution >= 4 is 11.9 Å². The molecular weight excluding hydrogens is 215 g/mol. The number of hydrogen-bond acceptors (Lipinski definition) is 2. The SMILES string of the molecule is O=C(CC(F)(F)F)NC(C(=O)O)C1CC1. The third kappa shape index (κ3) is 4.18. The first-order valence-corrected chi connectivity index (χ1v) is 4.38. The van der Waals surface area contributed by atoms with Crippen LogP contribution in [0.25, 0.3) is 0 Å². The number of alkyl halides is 3. The summed E-state index contributed by atoms with van der Waals surface area (Å²) >= 11 is 0. The first kappa shape index (κ1) is 11.8. The molecule has 0 radical (unpaired) electrons. The number of carbonyl (C=O) groups is 2. The molecule has 0 aliphatic heterocycles. The van der Waals surface area contributed by atoms with Gasteiger partial charge in [0.2, 0.25) is 5.91 Å². The van der Waals surface area contributed by atoms with Crippen LogP contribution in [0, 0.1) is 5.92 Å². The lowest BCUT2D eigenvalue weighted by Gasteiger charge is -2.14. The smallest absolute Gasteiger partial charge is 0.397 e. The Balaban J connectivity index is 2.44. The van der Waals surface area contributed by atoms with Gasteiger partial charge in [-0.1, -0.05) is 0 Å². The fourth-order valence-corrected chi connectivity index (χ4v) is 1.22. The van der Waals surface area contributed by atoms with Gasteiger partial charge in [0.1, 0.15) is 12.5 Å². The second-order valence-electron chi connectivity index (χ2n) is 3.51. The molecule has 1 unspecified atom stereocenters. The molecule has 0 aromatic heterocycles. The van der Waals surface area contributed by atoms with Crippen LogP contribution < -0.4 is 5.32 Å². The fraction of sp³-hybridized carbons (Fsp3) is 0.750. The summed E-state index contributed by atoms with van der Waals surface area (Å²) in [4.78, 5) is 21.4. The van der Waals surface area contributed by atoms with Gasteiger partial charge in [-0.15, -0.1) is 0 Å². The Kier molecular flexibility index (Phi) is 3.21. The predicted octanol–water partition coefficient (Wildman–Crippen LogP) is 0.918. The largest absolute Gasteiger partial charge is 0.480 e. The number of rotatable bonds is 4. The predicted molar refractivity (Wildman–Crippen MR) is 43.0 cm³/mol. The number of hydrogen-bond donors (Lipinski definition) is 2. The number of aliphatic carboxylic acids is 1. The van der Waals surface area contributed by atoms with E-state index in [0.29, 0.717) is 12.8 Å². The third-order valence-corrected chi connectivity index (χ3v) is 2.04. The zero-order valence-electron chi connectivity index (χ0n) is 7.67. The highest BCUT2D eigenvalue weighted by molar-refractivity contribution is 5.84. The van der Waals surface area contributed by atoms with E-state index in [1.54, 1.807) is 0 Å². The van der Waals surface area contributed by atoms with Gasteiger partial charge < -0.3 is 10.4 Å². The summed E-state index contributed by atoms with van der Waals surface area (Å²) in [5.74, 6) is -2.80. The summed E-state index contributed by atoms with van der Waals surface area (Å²) < 4.78 is 35.3. The van der Waals surface area contributed by atoms with E-state index in [1.807, 2.05) is 5.32 Å². The summed E-state index contributed by atoms with van der Waals surface area (Å²) in [6, 6.07) is -1.18. The summed E-state index contributed by atoms with van der Waals surface area (Å²) in [5.41, 5.74) is 0. The van der Waals surface area contributed by atoms with E-state index >= 15 is 0 Å². The number of amides is 1. The highest BCUT2D eigenvalue weighted by Gasteiger charge is 2.39. The lowest BCUT2D eigenvalue weighted by atomic mass is 10.2. The van der Waals surface area contributed by atoms with E-state index in [4.69, 9.17) is 5.11 Å². The topological polar surface area (TPSA) is 66.4 Å². The molecule has 86 valence electrons. The second-order valence-corrected chi connectivity index (χ2v) is 3.51. The minimum absolute atomic E-state index is 0.223. The number of carbonyl (C=O) groups excluding carboxylic acids is 1. The van der Waals surface area contributed by atoms with E-state index in [0.717, 1.165) is 0 Å². The van der Waals surface area contributed by atoms with Gasteiger partial charge >= 0.3 is 12.1 Å². The van der Waals surface area contributed by atoms with Crippen molar-refractivity contribution in [2.75, 3.05) is 0 Å². The molecule has 1 amide bonds. The lowest BCUT2D eigenvalue weighted by molar-refractivity contribution is -0.157. The first-order chi connectivity index (χ1) is 6.79. The van der Waals surface area contributed by atoms with Crippen molar-refractivity contribution in [3.05, 3.63) is 0 Å². The van der Waals surface area contributed by atoms with Crippen molar-refractivity contribution in [3.63, 3.8) is 0 Å². The molecule has 1 rings (SSSR count). The maximum atomic E-state index is 11.8. The van der Waals surface area contributed by atoms with Crippen LogP contribution in [0.4, 0.5) is 13.2 Å².